The van der Waals surface area contributed by atoms with Gasteiger partial charge in [0.15, 0.2) is 0 Å². The van der Waals surface area contributed by atoms with Crippen LogP contribution in [0.2, 0.25) is 0 Å². The van der Waals surface area contributed by atoms with E-state index in [2.05, 4.69) is 69.8 Å². The molecule has 0 heteroatoms. The standard InChI is InChI=1S/C18H20/c1-5-16-10-8-12-18(14(16)3)15(4)17-11-7-6-9-13(17)2/h6-12H,4-5H2,1-3H3. The predicted molar refractivity (Wildman–Crippen MR) is 79.9 cm³/mol. The third kappa shape index (κ3) is 2.24. The molecule has 2 rings (SSSR count). The summed E-state index contributed by atoms with van der Waals surface area (Å²) in [6.45, 7) is 10.8. The Morgan fingerprint density at radius 3 is 2.28 bits per heavy atom. The van der Waals surface area contributed by atoms with Crippen molar-refractivity contribution >= 4 is 5.57 Å². The zero-order valence-corrected chi connectivity index (χ0v) is 11.5. The highest BCUT2D eigenvalue weighted by Gasteiger charge is 2.09. The highest BCUT2D eigenvalue weighted by molar-refractivity contribution is 5.81. The molecule has 0 radical (unpaired) electrons. The second kappa shape index (κ2) is 5.22. The highest BCUT2D eigenvalue weighted by Crippen LogP contribution is 2.28. The molecule has 92 valence electrons. The molecule has 0 amide bonds. The Bertz CT molecular complexity index is 576. The van der Waals surface area contributed by atoms with Crippen LogP contribution in [0.1, 0.15) is 34.7 Å². The number of rotatable bonds is 3. The fourth-order valence-corrected chi connectivity index (χ4v) is 2.45. The lowest BCUT2D eigenvalue weighted by molar-refractivity contribution is 1.10. The molecular formula is C18H20. The van der Waals surface area contributed by atoms with E-state index in [1.807, 2.05) is 0 Å². The maximum atomic E-state index is 4.29. The van der Waals surface area contributed by atoms with Gasteiger partial charge in [0, 0.05) is 0 Å². The van der Waals surface area contributed by atoms with Crippen molar-refractivity contribution < 1.29 is 0 Å². The van der Waals surface area contributed by atoms with Gasteiger partial charge >= 0.3 is 0 Å². The molecule has 18 heavy (non-hydrogen) atoms. The van der Waals surface area contributed by atoms with Crippen molar-refractivity contribution in [3.63, 3.8) is 0 Å². The fraction of sp³-hybridized carbons (Fsp3) is 0.222. The van der Waals surface area contributed by atoms with Gasteiger partial charge in [-0.2, -0.15) is 0 Å². The van der Waals surface area contributed by atoms with Gasteiger partial charge in [0.05, 0.1) is 0 Å². The lowest BCUT2D eigenvalue weighted by Gasteiger charge is -2.14. The number of benzene rings is 2. The molecule has 0 aromatic heterocycles. The second-order valence-electron chi connectivity index (χ2n) is 4.74. The summed E-state index contributed by atoms with van der Waals surface area (Å²) in [5, 5.41) is 0. The summed E-state index contributed by atoms with van der Waals surface area (Å²) in [5.74, 6) is 0. The minimum Gasteiger partial charge on any atom is -0.0905 e. The summed E-state index contributed by atoms with van der Waals surface area (Å²) in [6.07, 6.45) is 1.07. The first-order chi connectivity index (χ1) is 8.65. The van der Waals surface area contributed by atoms with E-state index in [1.165, 1.54) is 27.8 Å². The van der Waals surface area contributed by atoms with Gasteiger partial charge in [-0.3, -0.25) is 0 Å². The van der Waals surface area contributed by atoms with E-state index in [9.17, 15) is 0 Å². The Morgan fingerprint density at radius 2 is 1.61 bits per heavy atom. The number of hydrogen-bond donors (Lipinski definition) is 0. The van der Waals surface area contributed by atoms with E-state index in [-0.39, 0.29) is 0 Å². The number of aryl methyl sites for hydroxylation is 2. The second-order valence-corrected chi connectivity index (χ2v) is 4.74. The molecule has 0 nitrogen and oxygen atoms in total. The first-order valence-electron chi connectivity index (χ1n) is 6.49. The number of hydrogen-bond acceptors (Lipinski definition) is 0. The van der Waals surface area contributed by atoms with Crippen LogP contribution in [-0.2, 0) is 6.42 Å². The normalized spacial score (nSPS) is 10.4. The summed E-state index contributed by atoms with van der Waals surface area (Å²) in [7, 11) is 0. The van der Waals surface area contributed by atoms with Crippen LogP contribution >= 0.6 is 0 Å². The van der Waals surface area contributed by atoms with Gasteiger partial charge < -0.3 is 0 Å². The minimum absolute atomic E-state index is 1.07. The Morgan fingerprint density at radius 1 is 0.944 bits per heavy atom. The molecule has 2 aromatic carbocycles. The van der Waals surface area contributed by atoms with Gasteiger partial charge in [0.1, 0.15) is 0 Å². The summed E-state index contributed by atoms with van der Waals surface area (Å²) in [4.78, 5) is 0. The van der Waals surface area contributed by atoms with Crippen molar-refractivity contribution in [2.45, 2.75) is 27.2 Å². The van der Waals surface area contributed by atoms with Crippen molar-refractivity contribution in [3.05, 3.63) is 76.9 Å². The first kappa shape index (κ1) is 12.6. The molecule has 0 saturated heterocycles. The van der Waals surface area contributed by atoms with Crippen LogP contribution in [-0.4, -0.2) is 0 Å². The Kier molecular flexibility index (Phi) is 3.66. The molecule has 0 fully saturated rings. The Hall–Kier alpha value is -1.82. The lowest BCUT2D eigenvalue weighted by Crippen LogP contribution is -1.96. The predicted octanol–water partition coefficient (Wildman–Crippen LogP) is 4.93. The summed E-state index contributed by atoms with van der Waals surface area (Å²) >= 11 is 0. The fourth-order valence-electron chi connectivity index (χ4n) is 2.45. The van der Waals surface area contributed by atoms with Crippen molar-refractivity contribution in [3.8, 4) is 0 Å². The van der Waals surface area contributed by atoms with Crippen molar-refractivity contribution in [1.29, 1.82) is 0 Å². The summed E-state index contributed by atoms with van der Waals surface area (Å²) in [5.41, 5.74) is 7.68. The van der Waals surface area contributed by atoms with E-state index < -0.39 is 0 Å². The van der Waals surface area contributed by atoms with Crippen LogP contribution in [0, 0.1) is 13.8 Å². The third-order valence-electron chi connectivity index (χ3n) is 3.62. The quantitative estimate of drug-likeness (QED) is 0.709. The largest absolute Gasteiger partial charge is 0.0905 e. The molecular weight excluding hydrogens is 216 g/mol. The molecule has 0 unspecified atom stereocenters. The van der Waals surface area contributed by atoms with Crippen LogP contribution < -0.4 is 0 Å². The van der Waals surface area contributed by atoms with Crippen molar-refractivity contribution in [2.75, 3.05) is 0 Å². The molecule has 0 aliphatic rings. The Balaban J connectivity index is 2.50. The maximum Gasteiger partial charge on any atom is -0.0152 e. The van der Waals surface area contributed by atoms with Gasteiger partial charge in [-0.15, -0.1) is 0 Å². The smallest absolute Gasteiger partial charge is 0.0152 e. The molecule has 0 aliphatic heterocycles. The highest BCUT2D eigenvalue weighted by atomic mass is 14.1. The Labute approximate surface area is 110 Å². The van der Waals surface area contributed by atoms with E-state index in [0.29, 0.717) is 0 Å². The van der Waals surface area contributed by atoms with Gasteiger partial charge in [0.2, 0.25) is 0 Å². The summed E-state index contributed by atoms with van der Waals surface area (Å²) < 4.78 is 0. The van der Waals surface area contributed by atoms with Gasteiger partial charge in [-0.1, -0.05) is 56.0 Å². The average molecular weight is 236 g/mol. The van der Waals surface area contributed by atoms with Crippen LogP contribution in [0.25, 0.3) is 5.57 Å². The van der Waals surface area contributed by atoms with Crippen molar-refractivity contribution in [2.24, 2.45) is 0 Å². The van der Waals surface area contributed by atoms with Crippen LogP contribution in [0.5, 0.6) is 0 Å². The van der Waals surface area contributed by atoms with E-state index >= 15 is 0 Å². The molecule has 0 saturated carbocycles. The van der Waals surface area contributed by atoms with Crippen LogP contribution in [0.4, 0.5) is 0 Å². The van der Waals surface area contributed by atoms with Gasteiger partial charge in [-0.05, 0) is 53.7 Å². The van der Waals surface area contributed by atoms with Gasteiger partial charge in [-0.25, -0.2) is 0 Å². The molecule has 2 aromatic rings. The average Bonchev–Trinajstić information content (AvgIpc) is 2.39. The van der Waals surface area contributed by atoms with E-state index in [0.717, 1.165) is 12.0 Å². The minimum atomic E-state index is 1.07. The lowest BCUT2D eigenvalue weighted by atomic mass is 9.90. The monoisotopic (exact) mass is 236 g/mol. The molecule has 0 aliphatic carbocycles. The zero-order chi connectivity index (χ0) is 13.1. The van der Waals surface area contributed by atoms with Crippen molar-refractivity contribution in [1.82, 2.24) is 0 Å². The molecule has 0 heterocycles. The molecule has 0 atom stereocenters. The topological polar surface area (TPSA) is 0 Å². The molecule has 0 bridgehead atoms. The SMILES string of the molecule is C=C(c1ccccc1C)c1cccc(CC)c1C. The maximum absolute atomic E-state index is 4.29. The van der Waals surface area contributed by atoms with Crippen LogP contribution in [0.15, 0.2) is 49.0 Å². The van der Waals surface area contributed by atoms with E-state index in [1.54, 1.807) is 0 Å². The molecule has 0 N–H and O–H groups in total. The van der Waals surface area contributed by atoms with Crippen LogP contribution in [0.3, 0.4) is 0 Å². The van der Waals surface area contributed by atoms with E-state index in [4.69, 9.17) is 0 Å². The van der Waals surface area contributed by atoms with Gasteiger partial charge in [0.25, 0.3) is 0 Å². The first-order valence-corrected chi connectivity index (χ1v) is 6.49. The molecule has 0 spiro atoms. The zero-order valence-electron chi connectivity index (χ0n) is 11.5. The third-order valence-corrected chi connectivity index (χ3v) is 3.62. The summed E-state index contributed by atoms with van der Waals surface area (Å²) in [6, 6.07) is 14.9.